The van der Waals surface area contributed by atoms with Gasteiger partial charge in [0.05, 0.1) is 12.8 Å². The fraction of sp³-hybridized carbons (Fsp3) is 0.400. The third kappa shape index (κ3) is 3.44. The summed E-state index contributed by atoms with van der Waals surface area (Å²) in [6.45, 7) is 5.94. The molecule has 0 atom stereocenters. The van der Waals surface area contributed by atoms with Gasteiger partial charge >= 0.3 is 0 Å². The zero-order chi connectivity index (χ0) is 15.6. The highest BCUT2D eigenvalue weighted by Gasteiger charge is 2.26. The predicted octanol–water partition coefficient (Wildman–Crippen LogP) is 3.41. The second-order valence-electron chi connectivity index (χ2n) is 5.77. The zero-order valence-electron chi connectivity index (χ0n) is 12.4. The number of ketones is 1. The van der Waals surface area contributed by atoms with E-state index in [4.69, 9.17) is 4.74 Å². The Bertz CT molecular complexity index is 662. The number of benzene rings is 1. The first kappa shape index (κ1) is 15.6. The van der Waals surface area contributed by atoms with E-state index in [2.05, 4.69) is 9.59 Å². The van der Waals surface area contributed by atoms with Crippen LogP contribution in [0.5, 0.6) is 5.75 Å². The van der Waals surface area contributed by atoms with Crippen LogP contribution in [0.4, 0.5) is 4.39 Å². The Hall–Kier alpha value is -1.82. The molecule has 0 aliphatic carbocycles. The monoisotopic (exact) mass is 308 g/mol. The lowest BCUT2D eigenvalue weighted by atomic mass is 9.90. The van der Waals surface area contributed by atoms with Crippen LogP contribution < -0.4 is 4.74 Å². The van der Waals surface area contributed by atoms with Gasteiger partial charge in [0, 0.05) is 11.8 Å². The first-order valence-corrected chi connectivity index (χ1v) is 7.28. The van der Waals surface area contributed by atoms with Crippen molar-refractivity contribution in [1.82, 2.24) is 9.59 Å². The van der Waals surface area contributed by atoms with Gasteiger partial charge in [-0.25, -0.2) is 4.39 Å². The number of halogens is 1. The number of rotatable bonds is 4. The van der Waals surface area contributed by atoms with Gasteiger partial charge in [-0.15, -0.1) is 5.10 Å². The molecule has 21 heavy (non-hydrogen) atoms. The summed E-state index contributed by atoms with van der Waals surface area (Å²) in [6.07, 6.45) is 0.119. The van der Waals surface area contributed by atoms with Crippen molar-refractivity contribution in [3.05, 3.63) is 40.2 Å². The maximum Gasteiger partial charge on any atom is 0.180 e. The highest BCUT2D eigenvalue weighted by atomic mass is 32.1. The Balaban J connectivity index is 2.23. The van der Waals surface area contributed by atoms with E-state index in [1.165, 1.54) is 19.2 Å². The quantitative estimate of drug-likeness (QED) is 0.812. The number of Topliss-reactive ketones (excluding diaryl/α,β-unsaturated/α-hetero) is 1. The first-order chi connectivity index (χ1) is 9.82. The van der Waals surface area contributed by atoms with Crippen LogP contribution in [0, 0.1) is 5.82 Å². The van der Waals surface area contributed by atoms with Gasteiger partial charge in [0.1, 0.15) is 4.88 Å². The van der Waals surface area contributed by atoms with Crippen molar-refractivity contribution >= 4 is 17.3 Å². The molecule has 112 valence electrons. The van der Waals surface area contributed by atoms with Crippen LogP contribution in [0.1, 0.15) is 41.7 Å². The number of carbonyl (C=O) groups is 1. The van der Waals surface area contributed by atoms with Crippen LogP contribution in [0.2, 0.25) is 0 Å². The zero-order valence-corrected chi connectivity index (χ0v) is 13.3. The summed E-state index contributed by atoms with van der Waals surface area (Å²) in [5.41, 5.74) is 1.04. The summed E-state index contributed by atoms with van der Waals surface area (Å²) in [6, 6.07) is 4.53. The molecule has 1 aromatic carbocycles. The molecule has 0 saturated carbocycles. The molecule has 0 aliphatic rings. The molecule has 4 nitrogen and oxygen atoms in total. The topological polar surface area (TPSA) is 52.1 Å². The molecule has 0 unspecified atom stereocenters. The number of nitrogens with zero attached hydrogens (tertiary/aromatic N) is 2. The Morgan fingerprint density at radius 2 is 2.10 bits per heavy atom. The normalized spacial score (nSPS) is 11.5. The summed E-state index contributed by atoms with van der Waals surface area (Å²) in [5.74, 6) is -0.401. The van der Waals surface area contributed by atoms with Crippen molar-refractivity contribution in [3.63, 3.8) is 0 Å². The molecule has 6 heteroatoms. The number of aromatic nitrogens is 2. The summed E-state index contributed by atoms with van der Waals surface area (Å²) in [4.78, 5) is 12.9. The number of carbonyl (C=O) groups excluding carboxylic acids is 1. The van der Waals surface area contributed by atoms with E-state index in [0.29, 0.717) is 16.1 Å². The van der Waals surface area contributed by atoms with Crippen LogP contribution in [-0.4, -0.2) is 22.5 Å². The molecule has 2 rings (SSSR count). The molecule has 0 fully saturated rings. The second kappa shape index (κ2) is 5.89. The van der Waals surface area contributed by atoms with Gasteiger partial charge in [-0.05, 0) is 29.2 Å². The lowest BCUT2D eigenvalue weighted by molar-refractivity contribution is 0.0994. The Labute approximate surface area is 127 Å². The van der Waals surface area contributed by atoms with E-state index in [9.17, 15) is 9.18 Å². The molecule has 0 saturated heterocycles. The van der Waals surface area contributed by atoms with Crippen LogP contribution in [0.15, 0.2) is 18.2 Å². The van der Waals surface area contributed by atoms with Crippen LogP contribution in [-0.2, 0) is 11.8 Å². The van der Waals surface area contributed by atoms with Gasteiger partial charge < -0.3 is 4.74 Å². The van der Waals surface area contributed by atoms with E-state index in [1.54, 1.807) is 6.07 Å². The molecular formula is C15H17FN2O2S. The predicted molar refractivity (Wildman–Crippen MR) is 79.6 cm³/mol. The summed E-state index contributed by atoms with van der Waals surface area (Å²) in [7, 11) is 1.40. The molecule has 0 spiro atoms. The molecule has 0 N–H and O–H groups in total. The van der Waals surface area contributed by atoms with Gasteiger partial charge in [-0.3, -0.25) is 4.79 Å². The van der Waals surface area contributed by atoms with Crippen LogP contribution in [0.3, 0.4) is 0 Å². The SMILES string of the molecule is COc1ccc(CC(=O)c2snnc2C(C)(C)C)cc1F. The van der Waals surface area contributed by atoms with E-state index in [-0.39, 0.29) is 23.4 Å². The third-order valence-corrected chi connectivity index (χ3v) is 3.80. The maximum absolute atomic E-state index is 13.7. The molecule has 0 amide bonds. The summed E-state index contributed by atoms with van der Waals surface area (Å²) < 4.78 is 22.4. The highest BCUT2D eigenvalue weighted by Crippen LogP contribution is 2.27. The smallest absolute Gasteiger partial charge is 0.180 e. The third-order valence-electron chi connectivity index (χ3n) is 3.03. The molecule has 1 heterocycles. The van der Waals surface area contributed by atoms with E-state index in [0.717, 1.165) is 11.5 Å². The van der Waals surface area contributed by atoms with Crippen LogP contribution in [0.25, 0.3) is 0 Å². The fourth-order valence-electron chi connectivity index (χ4n) is 1.95. The summed E-state index contributed by atoms with van der Waals surface area (Å²) >= 11 is 1.09. The largest absolute Gasteiger partial charge is 0.494 e. The van der Waals surface area contributed by atoms with Crippen molar-refractivity contribution in [3.8, 4) is 5.75 Å². The van der Waals surface area contributed by atoms with E-state index < -0.39 is 5.82 Å². The van der Waals surface area contributed by atoms with Gasteiger partial charge in [0.15, 0.2) is 17.3 Å². The average Bonchev–Trinajstić information content (AvgIpc) is 2.88. The van der Waals surface area contributed by atoms with E-state index >= 15 is 0 Å². The second-order valence-corrected chi connectivity index (χ2v) is 6.52. The molecule has 0 aliphatic heterocycles. The minimum absolute atomic E-state index is 0.0977. The van der Waals surface area contributed by atoms with Crippen molar-refractivity contribution in [2.75, 3.05) is 7.11 Å². The van der Waals surface area contributed by atoms with Gasteiger partial charge in [0.2, 0.25) is 0 Å². The Morgan fingerprint density at radius 3 is 2.67 bits per heavy atom. The average molecular weight is 308 g/mol. The standard InChI is InChI=1S/C15H17FN2O2S/c1-15(2,3)14-13(21-18-17-14)11(19)8-9-5-6-12(20-4)10(16)7-9/h5-7H,8H2,1-4H3. The lowest BCUT2D eigenvalue weighted by Gasteiger charge is -2.15. The number of methoxy groups -OCH3 is 1. The minimum Gasteiger partial charge on any atom is -0.494 e. The van der Waals surface area contributed by atoms with Crippen molar-refractivity contribution in [1.29, 1.82) is 0 Å². The molecular weight excluding hydrogens is 291 g/mol. The van der Waals surface area contributed by atoms with Crippen molar-refractivity contribution < 1.29 is 13.9 Å². The Kier molecular flexibility index (Phi) is 4.37. The Morgan fingerprint density at radius 1 is 1.38 bits per heavy atom. The van der Waals surface area contributed by atoms with Crippen molar-refractivity contribution in [2.45, 2.75) is 32.6 Å². The van der Waals surface area contributed by atoms with Gasteiger partial charge in [-0.2, -0.15) is 0 Å². The van der Waals surface area contributed by atoms with Crippen LogP contribution >= 0.6 is 11.5 Å². The van der Waals surface area contributed by atoms with Gasteiger partial charge in [-0.1, -0.05) is 31.3 Å². The number of ether oxygens (including phenoxy) is 1. The molecule has 1 aromatic heterocycles. The van der Waals surface area contributed by atoms with Gasteiger partial charge in [0.25, 0.3) is 0 Å². The summed E-state index contributed by atoms with van der Waals surface area (Å²) in [5, 5.41) is 4.05. The number of hydrogen-bond acceptors (Lipinski definition) is 5. The maximum atomic E-state index is 13.7. The van der Waals surface area contributed by atoms with E-state index in [1.807, 2.05) is 20.8 Å². The molecule has 2 aromatic rings. The van der Waals surface area contributed by atoms with Crippen molar-refractivity contribution in [2.24, 2.45) is 0 Å². The highest BCUT2D eigenvalue weighted by molar-refractivity contribution is 7.08. The molecule has 0 bridgehead atoms. The minimum atomic E-state index is -0.471. The first-order valence-electron chi connectivity index (χ1n) is 6.51. The fourth-order valence-corrected chi connectivity index (χ4v) is 2.76. The lowest BCUT2D eigenvalue weighted by Crippen LogP contribution is -2.17. The number of hydrogen-bond donors (Lipinski definition) is 0. The molecule has 0 radical (unpaired) electrons.